The van der Waals surface area contributed by atoms with Gasteiger partial charge in [0.15, 0.2) is 12.4 Å². The van der Waals surface area contributed by atoms with E-state index in [1.165, 1.54) is 18.3 Å². The Morgan fingerprint density at radius 3 is 2.84 bits per heavy atom. The van der Waals surface area contributed by atoms with Crippen LogP contribution in [0.3, 0.4) is 0 Å². The Balaban J connectivity index is 1.73. The number of nitro benzene ring substituents is 1. The zero-order chi connectivity index (χ0) is 26.1. The zero-order valence-corrected chi connectivity index (χ0v) is 20.9. The lowest BCUT2D eigenvalue weighted by molar-refractivity contribution is -0.385. The standard InChI is InChI=1S/C25H13BrClN5O5/c26-16-9-15(23(36-8-7-28)20(12-16)32(34)35)13-29-31-24(30-19-4-2-1-3-18(19)25(31)33)22-11-14-10-17(27)5-6-21(14)37-22/h1-6,9-13H,8H2. The number of nitro groups is 1. The van der Waals surface area contributed by atoms with E-state index in [1.54, 1.807) is 54.6 Å². The molecule has 0 aliphatic carbocycles. The van der Waals surface area contributed by atoms with Crippen molar-refractivity contribution in [2.75, 3.05) is 6.61 Å². The van der Waals surface area contributed by atoms with Crippen molar-refractivity contribution in [3.63, 3.8) is 0 Å². The van der Waals surface area contributed by atoms with Gasteiger partial charge in [0, 0.05) is 26.5 Å². The summed E-state index contributed by atoms with van der Waals surface area (Å²) < 4.78 is 12.7. The molecule has 0 aliphatic heterocycles. The lowest BCUT2D eigenvalue weighted by Gasteiger charge is -2.09. The molecule has 0 saturated carbocycles. The summed E-state index contributed by atoms with van der Waals surface area (Å²) in [6, 6.07) is 18.1. The zero-order valence-electron chi connectivity index (χ0n) is 18.6. The molecule has 0 aliphatic rings. The Morgan fingerprint density at radius 2 is 2.05 bits per heavy atom. The van der Waals surface area contributed by atoms with Crippen LogP contribution in [0.15, 0.2) is 79.4 Å². The molecule has 0 saturated heterocycles. The van der Waals surface area contributed by atoms with Crippen molar-refractivity contribution in [2.24, 2.45) is 5.10 Å². The van der Waals surface area contributed by atoms with Gasteiger partial charge < -0.3 is 9.15 Å². The van der Waals surface area contributed by atoms with Crippen LogP contribution >= 0.6 is 27.5 Å². The van der Waals surface area contributed by atoms with Crippen molar-refractivity contribution in [1.82, 2.24) is 9.66 Å². The molecule has 3 aromatic carbocycles. The number of hydrogen-bond donors (Lipinski definition) is 0. The second-order valence-corrected chi connectivity index (χ2v) is 9.01. The van der Waals surface area contributed by atoms with E-state index in [2.05, 4.69) is 26.0 Å². The van der Waals surface area contributed by atoms with E-state index in [-0.39, 0.29) is 28.6 Å². The minimum Gasteiger partial charge on any atom is -0.471 e. The Hall–Kier alpha value is -4.53. The molecule has 0 N–H and O–H groups in total. The molecule has 12 heteroatoms. The van der Waals surface area contributed by atoms with Gasteiger partial charge in [-0.05, 0) is 42.5 Å². The van der Waals surface area contributed by atoms with Crippen LogP contribution < -0.4 is 10.3 Å². The van der Waals surface area contributed by atoms with Crippen LogP contribution in [0.2, 0.25) is 5.02 Å². The van der Waals surface area contributed by atoms with E-state index in [1.807, 2.05) is 0 Å². The molecule has 182 valence electrons. The first-order valence-corrected chi connectivity index (χ1v) is 11.8. The highest BCUT2D eigenvalue weighted by Gasteiger charge is 2.21. The first-order chi connectivity index (χ1) is 17.9. The maximum Gasteiger partial charge on any atom is 0.312 e. The fraction of sp³-hybridized carbons (Fsp3) is 0.0400. The summed E-state index contributed by atoms with van der Waals surface area (Å²) in [5, 5.41) is 26.4. The molecule has 0 unspecified atom stereocenters. The number of benzene rings is 3. The Bertz CT molecular complexity index is 1840. The number of ether oxygens (including phenoxy) is 1. The van der Waals surface area contributed by atoms with Gasteiger partial charge in [0.1, 0.15) is 11.7 Å². The predicted octanol–water partition coefficient (Wildman–Crippen LogP) is 5.92. The second kappa shape index (κ2) is 9.85. The van der Waals surface area contributed by atoms with Gasteiger partial charge >= 0.3 is 5.69 Å². The minimum absolute atomic E-state index is 0.108. The molecule has 2 aromatic heterocycles. The Kier molecular flexibility index (Phi) is 6.43. The van der Waals surface area contributed by atoms with Gasteiger partial charge in [0.05, 0.1) is 22.0 Å². The molecule has 2 heterocycles. The highest BCUT2D eigenvalue weighted by Crippen LogP contribution is 2.34. The van der Waals surface area contributed by atoms with Gasteiger partial charge in [0.2, 0.25) is 11.6 Å². The van der Waals surface area contributed by atoms with E-state index in [4.69, 9.17) is 26.0 Å². The van der Waals surface area contributed by atoms with Crippen LogP contribution in [0.1, 0.15) is 5.56 Å². The summed E-state index contributed by atoms with van der Waals surface area (Å²) in [6.45, 7) is -0.423. The number of nitrogens with zero attached hydrogens (tertiary/aromatic N) is 5. The van der Waals surface area contributed by atoms with Crippen molar-refractivity contribution in [3.05, 3.63) is 96.2 Å². The normalized spacial score (nSPS) is 11.3. The quantitative estimate of drug-likeness (QED) is 0.139. The molecule has 5 aromatic rings. The third kappa shape index (κ3) is 4.67. The lowest BCUT2D eigenvalue weighted by Crippen LogP contribution is -2.20. The molecule has 10 nitrogen and oxygen atoms in total. The van der Waals surface area contributed by atoms with Crippen LogP contribution in [-0.4, -0.2) is 27.4 Å². The Labute approximate surface area is 221 Å². The summed E-state index contributed by atoms with van der Waals surface area (Å²) in [7, 11) is 0. The molecule has 5 rings (SSSR count). The van der Waals surface area contributed by atoms with Gasteiger partial charge in [-0.15, -0.1) is 0 Å². The minimum atomic E-state index is -0.635. The fourth-order valence-corrected chi connectivity index (χ4v) is 4.37. The SMILES string of the molecule is N#CCOc1c(C=Nn2c(-c3cc4cc(Cl)ccc4o3)nc3ccccc3c2=O)cc(Br)cc1[N+](=O)[O-]. The molecular weight excluding hydrogens is 566 g/mol. The highest BCUT2D eigenvalue weighted by molar-refractivity contribution is 9.10. The van der Waals surface area contributed by atoms with Gasteiger partial charge in [-0.25, -0.2) is 4.98 Å². The first kappa shape index (κ1) is 24.2. The number of furan rings is 1. The van der Waals surface area contributed by atoms with Crippen LogP contribution in [0.4, 0.5) is 5.69 Å². The number of hydrogen-bond acceptors (Lipinski definition) is 8. The van der Waals surface area contributed by atoms with Crippen LogP contribution in [0, 0.1) is 21.4 Å². The number of rotatable bonds is 6. The molecular formula is C25H13BrClN5O5. The molecule has 0 spiro atoms. The molecule has 37 heavy (non-hydrogen) atoms. The number of para-hydroxylation sites is 1. The highest BCUT2D eigenvalue weighted by atomic mass is 79.9. The molecule has 0 amide bonds. The monoisotopic (exact) mass is 577 g/mol. The number of fused-ring (bicyclic) bond motifs is 2. The van der Waals surface area contributed by atoms with Gasteiger partial charge in [0.25, 0.3) is 5.56 Å². The number of halogens is 2. The summed E-state index contributed by atoms with van der Waals surface area (Å²) in [4.78, 5) is 29.0. The molecule has 0 radical (unpaired) electrons. The maximum absolute atomic E-state index is 13.5. The summed E-state index contributed by atoms with van der Waals surface area (Å²) >= 11 is 9.35. The van der Waals surface area contributed by atoms with Gasteiger partial charge in [-0.3, -0.25) is 14.9 Å². The summed E-state index contributed by atoms with van der Waals surface area (Å²) in [5.74, 6) is 0.204. The lowest BCUT2D eigenvalue weighted by atomic mass is 10.2. The van der Waals surface area contributed by atoms with E-state index in [0.29, 0.717) is 31.4 Å². The van der Waals surface area contributed by atoms with Crippen LogP contribution in [0.25, 0.3) is 33.5 Å². The molecule has 0 atom stereocenters. The largest absolute Gasteiger partial charge is 0.471 e. The molecule has 0 bridgehead atoms. The first-order valence-electron chi connectivity index (χ1n) is 10.6. The third-order valence-electron chi connectivity index (χ3n) is 5.31. The van der Waals surface area contributed by atoms with E-state index >= 15 is 0 Å². The molecule has 0 fully saturated rings. The van der Waals surface area contributed by atoms with Crippen LogP contribution in [0.5, 0.6) is 5.75 Å². The average Bonchev–Trinajstić information content (AvgIpc) is 3.30. The second-order valence-electron chi connectivity index (χ2n) is 7.65. The van der Waals surface area contributed by atoms with Crippen LogP contribution in [-0.2, 0) is 0 Å². The van der Waals surface area contributed by atoms with Crippen molar-refractivity contribution in [3.8, 4) is 23.4 Å². The van der Waals surface area contributed by atoms with Crippen molar-refractivity contribution in [2.45, 2.75) is 0 Å². The van der Waals surface area contributed by atoms with Crippen molar-refractivity contribution < 1.29 is 14.1 Å². The van der Waals surface area contributed by atoms with E-state index in [9.17, 15) is 14.9 Å². The maximum atomic E-state index is 13.5. The predicted molar refractivity (Wildman–Crippen MR) is 141 cm³/mol. The van der Waals surface area contributed by atoms with E-state index in [0.717, 1.165) is 4.68 Å². The van der Waals surface area contributed by atoms with Crippen molar-refractivity contribution in [1.29, 1.82) is 5.26 Å². The third-order valence-corrected chi connectivity index (χ3v) is 6.00. The number of aromatic nitrogens is 2. The summed E-state index contributed by atoms with van der Waals surface area (Å²) in [6.07, 6.45) is 1.23. The number of nitriles is 1. The Morgan fingerprint density at radius 1 is 1.24 bits per heavy atom. The topological polar surface area (TPSA) is 137 Å². The summed E-state index contributed by atoms with van der Waals surface area (Å²) in [5.41, 5.74) is 0.276. The van der Waals surface area contributed by atoms with Gasteiger partial charge in [-0.2, -0.15) is 15.0 Å². The van der Waals surface area contributed by atoms with Gasteiger partial charge in [-0.1, -0.05) is 39.7 Å². The average molecular weight is 579 g/mol. The smallest absolute Gasteiger partial charge is 0.312 e. The van der Waals surface area contributed by atoms with Crippen molar-refractivity contribution >= 4 is 61.3 Å². The fourth-order valence-electron chi connectivity index (χ4n) is 3.73. The van der Waals surface area contributed by atoms with E-state index < -0.39 is 17.1 Å².